The molecule has 22 heavy (non-hydrogen) atoms. The molecular weight excluding hydrogens is 278 g/mol. The van der Waals surface area contributed by atoms with Crippen LogP contribution in [0.25, 0.3) is 11.0 Å². The van der Waals surface area contributed by atoms with Crippen molar-refractivity contribution in [3.63, 3.8) is 0 Å². The van der Waals surface area contributed by atoms with Crippen molar-refractivity contribution in [1.29, 1.82) is 0 Å². The average Bonchev–Trinajstić information content (AvgIpc) is 2.88. The molecule has 0 unspecified atom stereocenters. The van der Waals surface area contributed by atoms with Crippen LogP contribution in [0, 0.1) is 0 Å². The molecule has 1 aromatic heterocycles. The summed E-state index contributed by atoms with van der Waals surface area (Å²) >= 11 is 0. The van der Waals surface area contributed by atoms with E-state index in [1.165, 1.54) is 0 Å². The van der Waals surface area contributed by atoms with Gasteiger partial charge in [-0.05, 0) is 42.8 Å². The highest BCUT2D eigenvalue weighted by molar-refractivity contribution is 5.78. The van der Waals surface area contributed by atoms with Crippen LogP contribution in [-0.4, -0.2) is 23.3 Å². The molecule has 5 nitrogen and oxygen atoms in total. The van der Waals surface area contributed by atoms with Crippen LogP contribution in [0.2, 0.25) is 0 Å². The van der Waals surface area contributed by atoms with E-state index in [0.717, 1.165) is 35.5 Å². The smallest absolute Gasteiger partial charge is 0.201 e. The Morgan fingerprint density at radius 3 is 2.55 bits per heavy atom. The summed E-state index contributed by atoms with van der Waals surface area (Å²) in [5.74, 6) is 2.21. The summed E-state index contributed by atoms with van der Waals surface area (Å²) in [5.41, 5.74) is 7.96. The van der Waals surface area contributed by atoms with Gasteiger partial charge < -0.3 is 19.8 Å². The Kier molecular flexibility index (Phi) is 4.14. The maximum absolute atomic E-state index is 5.98. The fraction of sp³-hybridized carbons (Fsp3) is 0.235. The van der Waals surface area contributed by atoms with Gasteiger partial charge in [0.05, 0.1) is 24.8 Å². The lowest BCUT2D eigenvalue weighted by Gasteiger charge is -2.09. The lowest BCUT2D eigenvalue weighted by atomic mass is 10.3. The van der Waals surface area contributed by atoms with Gasteiger partial charge in [0, 0.05) is 6.54 Å². The van der Waals surface area contributed by atoms with E-state index in [4.69, 9.17) is 15.2 Å². The molecular formula is C17H19N3O2. The molecule has 0 aliphatic heterocycles. The van der Waals surface area contributed by atoms with Crippen molar-refractivity contribution in [2.75, 3.05) is 19.5 Å². The maximum Gasteiger partial charge on any atom is 0.201 e. The van der Waals surface area contributed by atoms with Gasteiger partial charge in [-0.25, -0.2) is 4.98 Å². The fourth-order valence-corrected chi connectivity index (χ4v) is 2.41. The number of benzene rings is 2. The van der Waals surface area contributed by atoms with Gasteiger partial charge in [-0.2, -0.15) is 0 Å². The molecule has 0 atom stereocenters. The Labute approximate surface area is 129 Å². The van der Waals surface area contributed by atoms with Gasteiger partial charge in [-0.15, -0.1) is 0 Å². The number of fused-ring (bicyclic) bond motifs is 1. The van der Waals surface area contributed by atoms with Gasteiger partial charge in [0.2, 0.25) is 5.95 Å². The lowest BCUT2D eigenvalue weighted by Crippen LogP contribution is -2.07. The van der Waals surface area contributed by atoms with Crippen LogP contribution in [0.1, 0.15) is 6.42 Å². The van der Waals surface area contributed by atoms with Crippen LogP contribution in [0.5, 0.6) is 11.5 Å². The highest BCUT2D eigenvalue weighted by Crippen LogP contribution is 2.19. The Bertz CT molecular complexity index is 750. The Balaban J connectivity index is 1.57. The van der Waals surface area contributed by atoms with Crippen LogP contribution >= 0.6 is 0 Å². The third kappa shape index (κ3) is 2.98. The molecule has 0 amide bonds. The summed E-state index contributed by atoms with van der Waals surface area (Å²) < 4.78 is 12.9. The normalized spacial score (nSPS) is 10.8. The van der Waals surface area contributed by atoms with Crippen molar-refractivity contribution in [2.45, 2.75) is 13.0 Å². The second-order valence-electron chi connectivity index (χ2n) is 4.99. The SMILES string of the molecule is COc1ccc(OCCCn2c(N)nc3ccccc32)cc1. The highest BCUT2D eigenvalue weighted by Gasteiger charge is 2.06. The van der Waals surface area contributed by atoms with Gasteiger partial charge in [0.1, 0.15) is 11.5 Å². The summed E-state index contributed by atoms with van der Waals surface area (Å²) in [5, 5.41) is 0. The third-order valence-corrected chi connectivity index (χ3v) is 3.54. The second kappa shape index (κ2) is 6.39. The number of aromatic nitrogens is 2. The molecule has 2 N–H and O–H groups in total. The number of anilines is 1. The summed E-state index contributed by atoms with van der Waals surface area (Å²) in [6, 6.07) is 15.5. The summed E-state index contributed by atoms with van der Waals surface area (Å²) in [6.45, 7) is 1.40. The summed E-state index contributed by atoms with van der Waals surface area (Å²) in [4.78, 5) is 4.36. The lowest BCUT2D eigenvalue weighted by molar-refractivity contribution is 0.302. The number of hydrogen-bond donors (Lipinski definition) is 1. The number of hydrogen-bond acceptors (Lipinski definition) is 4. The summed E-state index contributed by atoms with van der Waals surface area (Å²) in [7, 11) is 1.65. The number of nitrogen functional groups attached to an aromatic ring is 1. The molecule has 3 aromatic rings. The first-order chi connectivity index (χ1) is 10.8. The number of aryl methyl sites for hydroxylation is 1. The number of nitrogens with two attached hydrogens (primary N) is 1. The number of nitrogens with zero attached hydrogens (tertiary/aromatic N) is 2. The Morgan fingerprint density at radius 1 is 1.05 bits per heavy atom. The van der Waals surface area contributed by atoms with E-state index in [9.17, 15) is 0 Å². The monoisotopic (exact) mass is 297 g/mol. The molecule has 0 saturated carbocycles. The third-order valence-electron chi connectivity index (χ3n) is 3.54. The molecule has 0 fully saturated rings. The zero-order valence-electron chi connectivity index (χ0n) is 12.5. The van der Waals surface area contributed by atoms with Gasteiger partial charge in [-0.3, -0.25) is 0 Å². The van der Waals surface area contributed by atoms with E-state index >= 15 is 0 Å². The molecule has 2 aromatic carbocycles. The number of imidazole rings is 1. The van der Waals surface area contributed by atoms with Crippen molar-refractivity contribution in [3.05, 3.63) is 48.5 Å². The van der Waals surface area contributed by atoms with Crippen molar-refractivity contribution in [1.82, 2.24) is 9.55 Å². The number of rotatable bonds is 6. The van der Waals surface area contributed by atoms with Crippen LogP contribution in [0.3, 0.4) is 0 Å². The van der Waals surface area contributed by atoms with Gasteiger partial charge in [0.25, 0.3) is 0 Å². The predicted molar refractivity (Wildman–Crippen MR) is 87.3 cm³/mol. The quantitative estimate of drug-likeness (QED) is 0.710. The molecule has 114 valence electrons. The first kappa shape index (κ1) is 14.3. The van der Waals surface area contributed by atoms with Crippen LogP contribution in [-0.2, 0) is 6.54 Å². The molecule has 1 heterocycles. The van der Waals surface area contributed by atoms with E-state index < -0.39 is 0 Å². The van der Waals surface area contributed by atoms with Crippen molar-refractivity contribution in [3.8, 4) is 11.5 Å². The summed E-state index contributed by atoms with van der Waals surface area (Å²) in [6.07, 6.45) is 0.858. The van der Waals surface area contributed by atoms with Crippen molar-refractivity contribution < 1.29 is 9.47 Å². The predicted octanol–water partition coefficient (Wildman–Crippen LogP) is 3.10. The standard InChI is InChI=1S/C17H19N3O2/c1-21-13-7-9-14(10-8-13)22-12-4-11-20-16-6-3-2-5-15(16)19-17(20)18/h2-3,5-10H,4,11-12H2,1H3,(H2,18,19). The minimum atomic E-state index is 0.547. The zero-order valence-corrected chi connectivity index (χ0v) is 12.5. The minimum absolute atomic E-state index is 0.547. The van der Waals surface area contributed by atoms with Crippen LogP contribution < -0.4 is 15.2 Å². The van der Waals surface area contributed by atoms with Gasteiger partial charge >= 0.3 is 0 Å². The molecule has 0 aliphatic carbocycles. The van der Waals surface area contributed by atoms with Gasteiger partial charge in [0.15, 0.2) is 0 Å². The highest BCUT2D eigenvalue weighted by atomic mass is 16.5. The average molecular weight is 297 g/mol. The Hall–Kier alpha value is -2.69. The first-order valence-electron chi connectivity index (χ1n) is 7.25. The van der Waals surface area contributed by atoms with E-state index in [-0.39, 0.29) is 0 Å². The minimum Gasteiger partial charge on any atom is -0.497 e. The molecule has 3 rings (SSSR count). The topological polar surface area (TPSA) is 62.3 Å². The van der Waals surface area contributed by atoms with E-state index in [0.29, 0.717) is 12.6 Å². The molecule has 0 radical (unpaired) electrons. The maximum atomic E-state index is 5.98. The van der Waals surface area contributed by atoms with Crippen molar-refractivity contribution in [2.24, 2.45) is 0 Å². The van der Waals surface area contributed by atoms with Crippen molar-refractivity contribution >= 4 is 17.0 Å². The largest absolute Gasteiger partial charge is 0.497 e. The van der Waals surface area contributed by atoms with E-state index in [1.807, 2.05) is 53.1 Å². The van der Waals surface area contributed by atoms with E-state index in [1.54, 1.807) is 7.11 Å². The van der Waals surface area contributed by atoms with E-state index in [2.05, 4.69) is 4.98 Å². The molecule has 0 spiro atoms. The number of para-hydroxylation sites is 2. The molecule has 0 saturated heterocycles. The second-order valence-corrected chi connectivity index (χ2v) is 4.99. The molecule has 5 heteroatoms. The van der Waals surface area contributed by atoms with Crippen LogP contribution in [0.4, 0.5) is 5.95 Å². The fourth-order valence-electron chi connectivity index (χ4n) is 2.41. The van der Waals surface area contributed by atoms with Gasteiger partial charge in [-0.1, -0.05) is 12.1 Å². The van der Waals surface area contributed by atoms with Crippen LogP contribution in [0.15, 0.2) is 48.5 Å². The Morgan fingerprint density at radius 2 is 1.77 bits per heavy atom. The zero-order chi connectivity index (χ0) is 15.4. The number of methoxy groups -OCH3 is 1. The number of ether oxygens (including phenoxy) is 2. The molecule has 0 aliphatic rings. The first-order valence-corrected chi connectivity index (χ1v) is 7.25. The molecule has 0 bridgehead atoms.